The molecule has 3 amide bonds. The number of aliphatic hydroxyl groups is 1. The van der Waals surface area contributed by atoms with E-state index >= 15 is 0 Å². The van der Waals surface area contributed by atoms with Gasteiger partial charge in [-0.1, -0.05) is 6.92 Å². The maximum Gasteiger partial charge on any atom is 0.321 e. The number of carbonyl (C=O) groups is 2. The van der Waals surface area contributed by atoms with E-state index in [1.807, 2.05) is 6.92 Å². The lowest BCUT2D eigenvalue weighted by atomic mass is 10.0. The summed E-state index contributed by atoms with van der Waals surface area (Å²) >= 11 is 0. The number of aliphatic hydroxyl groups excluding tert-OH is 1. The van der Waals surface area contributed by atoms with Crippen molar-refractivity contribution >= 4 is 33.3 Å². The van der Waals surface area contributed by atoms with Crippen LogP contribution in [0.4, 0.5) is 20.6 Å². The van der Waals surface area contributed by atoms with Crippen molar-refractivity contribution < 1.29 is 37.0 Å². The summed E-state index contributed by atoms with van der Waals surface area (Å²) in [6, 6.07) is 15.1. The van der Waals surface area contributed by atoms with Gasteiger partial charge in [0.25, 0.3) is 10.0 Å². The third-order valence-electron chi connectivity index (χ3n) is 7.43. The number of nitrogens with zero attached hydrogens (tertiary/aromatic N) is 2. The number of halogens is 1. The lowest BCUT2D eigenvalue weighted by Crippen LogP contribution is -2.48. The molecule has 0 saturated carbocycles. The Balaban J connectivity index is 1.60. The number of hydrogen-bond acceptors (Lipinski definition) is 7. The number of urea groups is 1. The van der Waals surface area contributed by atoms with Crippen molar-refractivity contribution in [3.8, 4) is 11.5 Å². The Morgan fingerprint density at radius 1 is 1.14 bits per heavy atom. The molecule has 44 heavy (non-hydrogen) atoms. The Morgan fingerprint density at radius 2 is 1.80 bits per heavy atom. The molecular weight excluding hydrogens is 591 g/mol. The van der Waals surface area contributed by atoms with Crippen LogP contribution in [0.3, 0.4) is 0 Å². The van der Waals surface area contributed by atoms with E-state index in [0.717, 1.165) is 24.3 Å². The third-order valence-corrected chi connectivity index (χ3v) is 8.83. The first-order chi connectivity index (χ1) is 20.9. The molecule has 3 N–H and O–H groups in total. The summed E-state index contributed by atoms with van der Waals surface area (Å²) in [5.74, 6) is -0.0706. The highest BCUT2D eigenvalue weighted by Gasteiger charge is 2.32. The number of nitrogens with one attached hydrogen (secondary N) is 2. The second-order valence-electron chi connectivity index (χ2n) is 10.8. The van der Waals surface area contributed by atoms with Crippen LogP contribution < -0.4 is 19.5 Å². The zero-order valence-corrected chi connectivity index (χ0v) is 25.8. The molecule has 236 valence electrons. The summed E-state index contributed by atoms with van der Waals surface area (Å²) in [6.45, 7) is 3.81. The standard InChI is InChI=1S/C31H37FN4O7S/c1-20-17-36(21(2)19-37)30(38)16-22-15-25(34-44(40,41)27-12-5-23(32)6-13-27)9-14-28(22)43-29(20)18-35(3)31(39)33-24-7-10-26(42-4)11-8-24/h5-15,20-21,29,34,37H,16-19H2,1-4H3,(H,33,39)/t20-,21-,29-/m0/s1. The number of rotatable bonds is 9. The minimum Gasteiger partial charge on any atom is -0.497 e. The van der Waals surface area contributed by atoms with E-state index in [-0.39, 0.29) is 54.6 Å². The van der Waals surface area contributed by atoms with Crippen molar-refractivity contribution in [3.05, 3.63) is 78.1 Å². The number of carbonyl (C=O) groups excluding carboxylic acids is 2. The molecule has 1 aliphatic heterocycles. The highest BCUT2D eigenvalue weighted by molar-refractivity contribution is 7.92. The molecular formula is C31H37FN4O7S. The molecule has 0 spiro atoms. The Morgan fingerprint density at radius 3 is 2.43 bits per heavy atom. The van der Waals surface area contributed by atoms with Crippen LogP contribution in [0.5, 0.6) is 11.5 Å². The topological polar surface area (TPSA) is 138 Å². The van der Waals surface area contributed by atoms with Gasteiger partial charge >= 0.3 is 6.03 Å². The van der Waals surface area contributed by atoms with Crippen molar-refractivity contribution in [2.24, 2.45) is 5.92 Å². The molecule has 0 aliphatic carbocycles. The summed E-state index contributed by atoms with van der Waals surface area (Å²) in [6.07, 6.45) is -0.680. The van der Waals surface area contributed by atoms with Gasteiger partial charge in [-0.2, -0.15) is 0 Å². The van der Waals surface area contributed by atoms with Crippen LogP contribution in [0.1, 0.15) is 19.4 Å². The molecule has 4 rings (SSSR count). The number of hydrogen-bond donors (Lipinski definition) is 3. The van der Waals surface area contributed by atoms with E-state index < -0.39 is 28.0 Å². The average Bonchev–Trinajstić information content (AvgIpc) is 3.04. The fourth-order valence-corrected chi connectivity index (χ4v) is 5.83. The van der Waals surface area contributed by atoms with Crippen LogP contribution >= 0.6 is 0 Å². The number of sulfonamides is 1. The summed E-state index contributed by atoms with van der Waals surface area (Å²) in [4.78, 5) is 29.4. The maximum absolute atomic E-state index is 13.5. The summed E-state index contributed by atoms with van der Waals surface area (Å²) in [7, 11) is -0.850. The van der Waals surface area contributed by atoms with Crippen LogP contribution in [0, 0.1) is 11.7 Å². The summed E-state index contributed by atoms with van der Waals surface area (Å²) in [5.41, 5.74) is 1.19. The first-order valence-corrected chi connectivity index (χ1v) is 15.5. The predicted octanol–water partition coefficient (Wildman–Crippen LogP) is 3.95. The van der Waals surface area contributed by atoms with E-state index in [0.29, 0.717) is 22.7 Å². The monoisotopic (exact) mass is 628 g/mol. The van der Waals surface area contributed by atoms with E-state index in [9.17, 15) is 27.5 Å². The van der Waals surface area contributed by atoms with E-state index in [1.165, 1.54) is 17.0 Å². The minimum atomic E-state index is -4.04. The molecule has 3 aromatic carbocycles. The molecule has 1 heterocycles. The van der Waals surface area contributed by atoms with Gasteiger partial charge in [0.1, 0.15) is 23.4 Å². The Labute approximate surface area is 256 Å². The van der Waals surface area contributed by atoms with Gasteiger partial charge in [-0.25, -0.2) is 17.6 Å². The number of fused-ring (bicyclic) bond motifs is 1. The SMILES string of the molecule is COc1ccc(NC(=O)N(C)C[C@@H]2Oc3ccc(NS(=O)(=O)c4ccc(F)cc4)cc3CC(=O)N([C@@H](C)CO)C[C@@H]2C)cc1. The largest absolute Gasteiger partial charge is 0.497 e. The molecule has 3 aromatic rings. The summed E-state index contributed by atoms with van der Waals surface area (Å²) < 4.78 is 53.3. The maximum atomic E-state index is 13.5. The van der Waals surface area contributed by atoms with Crippen LogP contribution in [0.25, 0.3) is 0 Å². The van der Waals surface area contributed by atoms with Crippen molar-refractivity contribution in [2.45, 2.75) is 37.3 Å². The minimum absolute atomic E-state index is 0.112. The number of anilines is 2. The Hall–Kier alpha value is -4.36. The van der Waals surface area contributed by atoms with Crippen molar-refractivity contribution in [1.29, 1.82) is 0 Å². The molecule has 0 unspecified atom stereocenters. The third kappa shape index (κ3) is 7.97. The van der Waals surface area contributed by atoms with Crippen LogP contribution in [-0.2, 0) is 21.2 Å². The van der Waals surface area contributed by atoms with Gasteiger partial charge < -0.3 is 29.7 Å². The molecule has 13 heteroatoms. The molecule has 0 aromatic heterocycles. The molecule has 3 atom stereocenters. The average molecular weight is 629 g/mol. The highest BCUT2D eigenvalue weighted by Crippen LogP contribution is 2.30. The van der Waals surface area contributed by atoms with Crippen molar-refractivity contribution in [3.63, 3.8) is 0 Å². The zero-order valence-electron chi connectivity index (χ0n) is 25.0. The second kappa shape index (κ2) is 14.0. The van der Waals surface area contributed by atoms with Gasteiger partial charge in [0.05, 0.1) is 37.6 Å². The molecule has 0 bridgehead atoms. The van der Waals surface area contributed by atoms with Gasteiger partial charge in [-0.15, -0.1) is 0 Å². The van der Waals surface area contributed by atoms with E-state index in [2.05, 4.69) is 10.0 Å². The Bertz CT molecular complexity index is 1570. The van der Waals surface area contributed by atoms with Crippen molar-refractivity contribution in [1.82, 2.24) is 9.80 Å². The van der Waals surface area contributed by atoms with Gasteiger partial charge in [-0.05, 0) is 73.7 Å². The van der Waals surface area contributed by atoms with Crippen LogP contribution in [0.2, 0.25) is 0 Å². The number of amides is 3. The van der Waals surface area contributed by atoms with Crippen LogP contribution in [0.15, 0.2) is 71.6 Å². The fraction of sp³-hybridized carbons (Fsp3) is 0.355. The molecule has 0 saturated heterocycles. The quantitative estimate of drug-likeness (QED) is 0.326. The van der Waals surface area contributed by atoms with Crippen LogP contribution in [-0.4, -0.2) is 81.3 Å². The normalized spacial score (nSPS) is 17.7. The summed E-state index contributed by atoms with van der Waals surface area (Å²) in [5, 5.41) is 12.7. The smallest absolute Gasteiger partial charge is 0.321 e. The fourth-order valence-electron chi connectivity index (χ4n) is 4.78. The predicted molar refractivity (Wildman–Crippen MR) is 164 cm³/mol. The van der Waals surface area contributed by atoms with Gasteiger partial charge in [0.15, 0.2) is 0 Å². The number of benzene rings is 3. The number of ether oxygens (including phenoxy) is 2. The van der Waals surface area contributed by atoms with E-state index in [1.54, 1.807) is 56.3 Å². The van der Waals surface area contributed by atoms with E-state index in [4.69, 9.17) is 9.47 Å². The highest BCUT2D eigenvalue weighted by atomic mass is 32.2. The number of methoxy groups -OCH3 is 1. The Kier molecular flexibility index (Phi) is 10.3. The number of likely N-dealkylation sites (N-methyl/N-ethyl adjacent to an activating group) is 1. The zero-order chi connectivity index (χ0) is 32.0. The molecule has 11 nitrogen and oxygen atoms in total. The lowest BCUT2D eigenvalue weighted by Gasteiger charge is -2.34. The molecule has 1 aliphatic rings. The first-order valence-electron chi connectivity index (χ1n) is 14.0. The molecule has 0 fully saturated rings. The van der Waals surface area contributed by atoms with Gasteiger partial charge in [-0.3, -0.25) is 9.52 Å². The second-order valence-corrected chi connectivity index (χ2v) is 12.5. The first kappa shape index (κ1) is 32.6. The van der Waals surface area contributed by atoms with Gasteiger partial charge in [0.2, 0.25) is 5.91 Å². The van der Waals surface area contributed by atoms with Crippen molar-refractivity contribution in [2.75, 3.05) is 43.9 Å². The molecule has 0 radical (unpaired) electrons. The van der Waals surface area contributed by atoms with Gasteiger partial charge in [0, 0.05) is 36.4 Å². The lowest BCUT2D eigenvalue weighted by molar-refractivity contribution is -0.134.